The van der Waals surface area contributed by atoms with Crippen molar-refractivity contribution in [2.24, 2.45) is 4.99 Å². The smallest absolute Gasteiger partial charge is 0.191 e. The molecule has 0 amide bonds. The summed E-state index contributed by atoms with van der Waals surface area (Å²) in [5, 5.41) is 7.93. The predicted molar refractivity (Wildman–Crippen MR) is 96.3 cm³/mol. The van der Waals surface area contributed by atoms with Crippen molar-refractivity contribution in [1.82, 2.24) is 20.5 Å². The number of nitrogens with zero attached hydrogens (tertiary/aromatic N) is 3. The summed E-state index contributed by atoms with van der Waals surface area (Å²) < 4.78 is 5.44. The molecule has 0 radical (unpaired) electrons. The molecular weight excluding hydrogens is 310 g/mol. The number of aliphatic imine (C=N–C) groups is 1. The number of morpholine rings is 1. The lowest BCUT2D eigenvalue weighted by Crippen LogP contribution is -2.56. The molecule has 0 bridgehead atoms. The average Bonchev–Trinajstić information content (AvgIpc) is 2.86. The molecule has 130 valence electrons. The second-order valence-corrected chi connectivity index (χ2v) is 7.72. The van der Waals surface area contributed by atoms with Crippen LogP contribution in [-0.4, -0.2) is 61.3 Å². The molecule has 1 aliphatic heterocycles. The Labute approximate surface area is 143 Å². The molecule has 0 saturated carbocycles. The van der Waals surface area contributed by atoms with Gasteiger partial charge in [-0.3, -0.25) is 9.89 Å². The largest absolute Gasteiger partial charge is 0.379 e. The zero-order valence-corrected chi connectivity index (χ0v) is 15.7. The van der Waals surface area contributed by atoms with Crippen molar-refractivity contribution < 1.29 is 4.74 Å². The van der Waals surface area contributed by atoms with E-state index >= 15 is 0 Å². The van der Waals surface area contributed by atoms with Crippen LogP contribution in [0.4, 0.5) is 0 Å². The minimum absolute atomic E-state index is 0.0678. The molecule has 6 nitrogen and oxygen atoms in total. The van der Waals surface area contributed by atoms with Gasteiger partial charge in [0.15, 0.2) is 5.96 Å². The quantitative estimate of drug-likeness (QED) is 0.629. The van der Waals surface area contributed by atoms with Crippen LogP contribution in [0.15, 0.2) is 4.99 Å². The first-order valence-corrected chi connectivity index (χ1v) is 8.94. The van der Waals surface area contributed by atoms with E-state index in [4.69, 9.17) is 4.74 Å². The van der Waals surface area contributed by atoms with E-state index in [0.717, 1.165) is 56.1 Å². The van der Waals surface area contributed by atoms with Gasteiger partial charge in [-0.15, -0.1) is 11.3 Å². The summed E-state index contributed by atoms with van der Waals surface area (Å²) in [6, 6.07) is 0. The van der Waals surface area contributed by atoms with Gasteiger partial charge in [-0.2, -0.15) is 0 Å². The standard InChI is InChI=1S/C16H29N5OS/c1-12-14(23-13(2)20-12)10-18-15(17-5)19-11-16(3,4)21-6-8-22-9-7-21/h6-11H2,1-5H3,(H2,17,18,19). The maximum absolute atomic E-state index is 5.44. The summed E-state index contributed by atoms with van der Waals surface area (Å²) in [4.78, 5) is 12.5. The predicted octanol–water partition coefficient (Wildman–Crippen LogP) is 1.54. The highest BCUT2D eigenvalue weighted by atomic mass is 32.1. The van der Waals surface area contributed by atoms with Crippen LogP contribution in [0.2, 0.25) is 0 Å². The Morgan fingerprint density at radius 2 is 2.00 bits per heavy atom. The summed E-state index contributed by atoms with van der Waals surface area (Å²) in [6.45, 7) is 13.8. The third-order valence-electron chi connectivity index (χ3n) is 4.20. The van der Waals surface area contributed by atoms with Crippen molar-refractivity contribution in [3.8, 4) is 0 Å². The Morgan fingerprint density at radius 3 is 2.57 bits per heavy atom. The first-order chi connectivity index (χ1) is 10.9. The van der Waals surface area contributed by atoms with Crippen molar-refractivity contribution in [1.29, 1.82) is 0 Å². The van der Waals surface area contributed by atoms with Gasteiger partial charge in [0, 0.05) is 37.1 Å². The minimum Gasteiger partial charge on any atom is -0.379 e. The van der Waals surface area contributed by atoms with Crippen LogP contribution in [0.5, 0.6) is 0 Å². The van der Waals surface area contributed by atoms with Gasteiger partial charge in [0.05, 0.1) is 30.5 Å². The summed E-state index contributed by atoms with van der Waals surface area (Å²) in [5.41, 5.74) is 1.17. The van der Waals surface area contributed by atoms with Crippen molar-refractivity contribution >= 4 is 17.3 Å². The van der Waals surface area contributed by atoms with Gasteiger partial charge in [0.25, 0.3) is 0 Å². The summed E-state index contributed by atoms with van der Waals surface area (Å²) in [6.07, 6.45) is 0. The fourth-order valence-electron chi connectivity index (χ4n) is 2.70. The van der Waals surface area contributed by atoms with Crippen LogP contribution in [-0.2, 0) is 11.3 Å². The molecule has 1 aromatic rings. The number of thiazole rings is 1. The zero-order chi connectivity index (χ0) is 16.9. The summed E-state index contributed by atoms with van der Waals surface area (Å²) in [7, 11) is 1.81. The van der Waals surface area contributed by atoms with Crippen LogP contribution < -0.4 is 10.6 Å². The Balaban J connectivity index is 1.83. The maximum atomic E-state index is 5.44. The topological polar surface area (TPSA) is 61.8 Å². The number of guanidine groups is 1. The molecule has 2 heterocycles. The summed E-state index contributed by atoms with van der Waals surface area (Å²) >= 11 is 1.73. The monoisotopic (exact) mass is 339 g/mol. The number of ether oxygens (including phenoxy) is 1. The Kier molecular flexibility index (Phi) is 6.38. The van der Waals surface area contributed by atoms with Crippen molar-refractivity contribution in [2.75, 3.05) is 39.9 Å². The Morgan fingerprint density at radius 1 is 1.30 bits per heavy atom. The van der Waals surface area contributed by atoms with E-state index in [9.17, 15) is 0 Å². The third kappa shape index (κ3) is 5.16. The third-order valence-corrected chi connectivity index (χ3v) is 5.27. The molecule has 1 saturated heterocycles. The molecule has 1 aromatic heterocycles. The lowest BCUT2D eigenvalue weighted by atomic mass is 10.0. The van der Waals surface area contributed by atoms with E-state index in [0.29, 0.717) is 0 Å². The van der Waals surface area contributed by atoms with Gasteiger partial charge in [-0.1, -0.05) is 0 Å². The minimum atomic E-state index is 0.0678. The van der Waals surface area contributed by atoms with Crippen LogP contribution in [0.3, 0.4) is 0 Å². The lowest BCUT2D eigenvalue weighted by Gasteiger charge is -2.41. The maximum Gasteiger partial charge on any atom is 0.191 e. The molecule has 1 fully saturated rings. The fraction of sp³-hybridized carbons (Fsp3) is 0.750. The Bertz CT molecular complexity index is 535. The average molecular weight is 340 g/mol. The Hall–Kier alpha value is -1.18. The van der Waals surface area contributed by atoms with Gasteiger partial charge < -0.3 is 15.4 Å². The van der Waals surface area contributed by atoms with Gasteiger partial charge in [0.2, 0.25) is 0 Å². The molecule has 0 unspecified atom stereocenters. The van der Waals surface area contributed by atoms with E-state index in [1.165, 1.54) is 4.88 Å². The van der Waals surface area contributed by atoms with Gasteiger partial charge >= 0.3 is 0 Å². The van der Waals surface area contributed by atoms with Gasteiger partial charge in [0.1, 0.15) is 0 Å². The van der Waals surface area contributed by atoms with Crippen LogP contribution in [0.25, 0.3) is 0 Å². The highest BCUT2D eigenvalue weighted by molar-refractivity contribution is 7.11. The van der Waals surface area contributed by atoms with Gasteiger partial charge in [-0.05, 0) is 27.7 Å². The molecule has 23 heavy (non-hydrogen) atoms. The molecule has 0 atom stereocenters. The number of aryl methyl sites for hydroxylation is 2. The molecule has 7 heteroatoms. The van der Waals surface area contributed by atoms with Crippen molar-refractivity contribution in [3.05, 3.63) is 15.6 Å². The molecule has 0 spiro atoms. The van der Waals surface area contributed by atoms with Crippen LogP contribution in [0.1, 0.15) is 29.4 Å². The fourth-order valence-corrected chi connectivity index (χ4v) is 3.58. The highest BCUT2D eigenvalue weighted by Crippen LogP contribution is 2.17. The SMILES string of the molecule is CN=C(NCc1sc(C)nc1C)NCC(C)(C)N1CCOCC1. The number of hydrogen-bond acceptors (Lipinski definition) is 5. The molecule has 0 aromatic carbocycles. The lowest BCUT2D eigenvalue weighted by molar-refractivity contribution is -0.00834. The molecule has 1 aliphatic rings. The first kappa shape index (κ1) is 18.2. The van der Waals surface area contributed by atoms with E-state index in [-0.39, 0.29) is 5.54 Å². The molecular formula is C16H29N5OS. The second kappa shape index (κ2) is 8.08. The summed E-state index contributed by atoms with van der Waals surface area (Å²) in [5.74, 6) is 0.830. The van der Waals surface area contributed by atoms with Crippen LogP contribution in [0, 0.1) is 13.8 Å². The normalized spacial score (nSPS) is 17.3. The molecule has 2 N–H and O–H groups in total. The number of rotatable bonds is 5. The van der Waals surface area contributed by atoms with Crippen molar-refractivity contribution in [3.63, 3.8) is 0 Å². The van der Waals surface area contributed by atoms with Crippen LogP contribution >= 0.6 is 11.3 Å². The number of hydrogen-bond donors (Lipinski definition) is 2. The number of nitrogens with one attached hydrogen (secondary N) is 2. The van der Waals surface area contributed by atoms with E-state index in [1.54, 1.807) is 11.3 Å². The first-order valence-electron chi connectivity index (χ1n) is 8.12. The van der Waals surface area contributed by atoms with E-state index in [1.807, 2.05) is 14.0 Å². The zero-order valence-electron chi connectivity index (χ0n) is 14.9. The number of aromatic nitrogens is 1. The second-order valence-electron chi connectivity index (χ2n) is 6.43. The van der Waals surface area contributed by atoms with E-state index < -0.39 is 0 Å². The van der Waals surface area contributed by atoms with Gasteiger partial charge in [-0.25, -0.2) is 4.98 Å². The highest BCUT2D eigenvalue weighted by Gasteiger charge is 2.28. The van der Waals surface area contributed by atoms with Crippen molar-refractivity contribution in [2.45, 2.75) is 39.8 Å². The van der Waals surface area contributed by atoms with E-state index in [2.05, 4.69) is 46.3 Å². The molecule has 2 rings (SSSR count). The molecule has 0 aliphatic carbocycles.